The van der Waals surface area contributed by atoms with Gasteiger partial charge >= 0.3 is 12.4 Å². The van der Waals surface area contributed by atoms with E-state index in [0.717, 1.165) is 6.07 Å². The number of benzene rings is 2. The quantitative estimate of drug-likeness (QED) is 0.536. The van der Waals surface area contributed by atoms with E-state index in [-0.39, 0.29) is 17.4 Å². The molecule has 0 unspecified atom stereocenters. The zero-order valence-electron chi connectivity index (χ0n) is 13.3. The van der Waals surface area contributed by atoms with Gasteiger partial charge in [-0.2, -0.15) is 26.3 Å². The first-order valence-corrected chi connectivity index (χ1v) is 7.40. The second-order valence-electron chi connectivity index (χ2n) is 5.35. The van der Waals surface area contributed by atoms with Crippen LogP contribution in [0.15, 0.2) is 30.3 Å². The molecule has 0 heterocycles. The van der Waals surface area contributed by atoms with Crippen LogP contribution < -0.4 is 4.74 Å². The van der Waals surface area contributed by atoms with Crippen molar-refractivity contribution in [2.75, 3.05) is 6.61 Å². The van der Waals surface area contributed by atoms with E-state index in [1.54, 1.807) is 6.92 Å². The van der Waals surface area contributed by atoms with Crippen LogP contribution in [0, 0.1) is 0 Å². The number of Topliss-reactive ketones (excluding diaryl/α,β-unsaturated/α-hetero) is 2. The van der Waals surface area contributed by atoms with Gasteiger partial charge in [-0.15, -0.1) is 0 Å². The molecule has 140 valence electrons. The fourth-order valence-corrected chi connectivity index (χ4v) is 2.37. The van der Waals surface area contributed by atoms with Crippen LogP contribution in [0.4, 0.5) is 26.3 Å². The van der Waals surface area contributed by atoms with Gasteiger partial charge in [0.1, 0.15) is 5.75 Å². The zero-order chi connectivity index (χ0) is 19.7. The second-order valence-corrected chi connectivity index (χ2v) is 5.35. The van der Waals surface area contributed by atoms with Crippen LogP contribution >= 0.6 is 0 Å². The summed E-state index contributed by atoms with van der Waals surface area (Å²) in [6.07, 6.45) is -10.3. The van der Waals surface area contributed by atoms with E-state index in [1.807, 2.05) is 0 Å². The lowest BCUT2D eigenvalue weighted by atomic mass is 9.94. The van der Waals surface area contributed by atoms with Crippen molar-refractivity contribution < 1.29 is 40.7 Å². The molecule has 0 aliphatic heterocycles. The third kappa shape index (κ3) is 3.81. The van der Waals surface area contributed by atoms with Crippen molar-refractivity contribution in [2.24, 2.45) is 0 Å². The standard InChI is InChI=1S/C17H12F6O3/c1-2-7-26-13-10-6-4-3-5-9(10)11(14(24)16(18,19)20)8-12(13)15(25)17(21,22)23/h3-6,8H,2,7H2,1H3. The number of rotatable bonds is 5. The van der Waals surface area contributed by atoms with Gasteiger partial charge in [-0.3, -0.25) is 9.59 Å². The van der Waals surface area contributed by atoms with Crippen LogP contribution in [-0.2, 0) is 0 Å². The van der Waals surface area contributed by atoms with Crippen molar-refractivity contribution in [3.05, 3.63) is 41.5 Å². The Balaban J connectivity index is 2.86. The highest BCUT2D eigenvalue weighted by molar-refractivity contribution is 6.16. The molecule has 0 saturated carbocycles. The van der Waals surface area contributed by atoms with Gasteiger partial charge in [0.25, 0.3) is 11.6 Å². The van der Waals surface area contributed by atoms with E-state index in [4.69, 9.17) is 4.74 Å². The average molecular weight is 378 g/mol. The van der Waals surface area contributed by atoms with Crippen LogP contribution in [-0.4, -0.2) is 30.5 Å². The number of fused-ring (bicyclic) bond motifs is 1. The third-order valence-corrected chi connectivity index (χ3v) is 3.45. The van der Waals surface area contributed by atoms with E-state index in [2.05, 4.69) is 0 Å². The lowest BCUT2D eigenvalue weighted by Gasteiger charge is -2.17. The van der Waals surface area contributed by atoms with E-state index in [1.165, 1.54) is 18.2 Å². The fourth-order valence-electron chi connectivity index (χ4n) is 2.37. The van der Waals surface area contributed by atoms with Crippen LogP contribution in [0.3, 0.4) is 0 Å². The Kier molecular flexibility index (Phi) is 5.29. The summed E-state index contributed by atoms with van der Waals surface area (Å²) in [5, 5.41) is -0.427. The maximum absolute atomic E-state index is 12.9. The Morgan fingerprint density at radius 1 is 0.885 bits per heavy atom. The van der Waals surface area contributed by atoms with E-state index in [9.17, 15) is 35.9 Å². The van der Waals surface area contributed by atoms with E-state index in [0.29, 0.717) is 12.5 Å². The summed E-state index contributed by atoms with van der Waals surface area (Å²) in [4.78, 5) is 23.4. The van der Waals surface area contributed by atoms with Gasteiger partial charge in [-0.05, 0) is 17.9 Å². The summed E-state index contributed by atoms with van der Waals surface area (Å²) < 4.78 is 82.4. The largest absolute Gasteiger partial charge is 0.492 e. The van der Waals surface area contributed by atoms with Crippen LogP contribution in [0.2, 0.25) is 0 Å². The molecular weight excluding hydrogens is 366 g/mol. The minimum absolute atomic E-state index is 0.0608. The number of carbonyl (C=O) groups is 2. The summed E-state index contributed by atoms with van der Waals surface area (Å²) in [6, 6.07) is 5.32. The number of hydrogen-bond acceptors (Lipinski definition) is 3. The molecule has 0 radical (unpaired) electrons. The van der Waals surface area contributed by atoms with Crippen molar-refractivity contribution in [1.82, 2.24) is 0 Å². The smallest absolute Gasteiger partial charge is 0.455 e. The summed E-state index contributed by atoms with van der Waals surface area (Å²) in [6.45, 7) is 1.60. The topological polar surface area (TPSA) is 43.4 Å². The lowest BCUT2D eigenvalue weighted by molar-refractivity contribution is -0.0888. The average Bonchev–Trinajstić information content (AvgIpc) is 2.56. The molecule has 0 spiro atoms. The number of alkyl halides is 6. The van der Waals surface area contributed by atoms with Crippen molar-refractivity contribution in [1.29, 1.82) is 0 Å². The molecule has 2 aromatic carbocycles. The first-order valence-electron chi connectivity index (χ1n) is 7.40. The van der Waals surface area contributed by atoms with Gasteiger partial charge in [0.2, 0.25) is 0 Å². The number of carbonyl (C=O) groups excluding carboxylic acids is 2. The molecule has 0 atom stereocenters. The van der Waals surface area contributed by atoms with Crippen LogP contribution in [0.25, 0.3) is 10.8 Å². The van der Waals surface area contributed by atoms with Crippen molar-refractivity contribution >= 4 is 22.3 Å². The molecule has 0 amide bonds. The van der Waals surface area contributed by atoms with E-state index < -0.39 is 40.8 Å². The molecule has 0 N–H and O–H groups in total. The normalized spacial score (nSPS) is 12.3. The summed E-state index contributed by atoms with van der Waals surface area (Å²) in [7, 11) is 0. The molecule has 26 heavy (non-hydrogen) atoms. The molecule has 0 saturated heterocycles. The molecular formula is C17H12F6O3. The Hall–Kier alpha value is -2.58. The number of ether oxygens (including phenoxy) is 1. The second kappa shape index (κ2) is 6.97. The van der Waals surface area contributed by atoms with Gasteiger partial charge in [0.05, 0.1) is 12.2 Å². The van der Waals surface area contributed by atoms with Crippen molar-refractivity contribution in [3.63, 3.8) is 0 Å². The predicted molar refractivity (Wildman–Crippen MR) is 80.5 cm³/mol. The van der Waals surface area contributed by atoms with Gasteiger partial charge < -0.3 is 4.74 Å². The summed E-state index contributed by atoms with van der Waals surface area (Å²) in [5.41, 5.74) is -2.17. The van der Waals surface area contributed by atoms with Gasteiger partial charge in [-0.1, -0.05) is 31.2 Å². The summed E-state index contributed by atoms with van der Waals surface area (Å²) in [5.74, 6) is -5.22. The molecule has 0 aliphatic carbocycles. The molecule has 0 bridgehead atoms. The summed E-state index contributed by atoms with van der Waals surface area (Å²) >= 11 is 0. The van der Waals surface area contributed by atoms with Gasteiger partial charge in [-0.25, -0.2) is 0 Å². The predicted octanol–water partition coefficient (Wildman–Crippen LogP) is 5.12. The molecule has 2 aromatic rings. The van der Waals surface area contributed by atoms with Crippen molar-refractivity contribution in [2.45, 2.75) is 25.7 Å². The van der Waals surface area contributed by atoms with E-state index >= 15 is 0 Å². The molecule has 3 nitrogen and oxygen atoms in total. The van der Waals surface area contributed by atoms with Gasteiger partial charge in [0.15, 0.2) is 0 Å². The minimum Gasteiger partial charge on any atom is -0.492 e. The fraction of sp³-hybridized carbons (Fsp3) is 0.294. The Morgan fingerprint density at radius 2 is 1.38 bits per heavy atom. The molecule has 0 fully saturated rings. The van der Waals surface area contributed by atoms with Crippen LogP contribution in [0.1, 0.15) is 34.1 Å². The number of hydrogen-bond donors (Lipinski definition) is 0. The van der Waals surface area contributed by atoms with Crippen LogP contribution in [0.5, 0.6) is 5.75 Å². The Morgan fingerprint density at radius 3 is 1.88 bits per heavy atom. The van der Waals surface area contributed by atoms with Crippen molar-refractivity contribution in [3.8, 4) is 5.75 Å². The Bertz CT molecular complexity index is 852. The minimum atomic E-state index is -5.34. The number of ketones is 2. The Labute approximate surface area is 143 Å². The SMILES string of the molecule is CCCOc1c(C(=O)C(F)(F)F)cc(C(=O)C(F)(F)F)c2ccccc12. The first kappa shape index (κ1) is 19.7. The highest BCUT2D eigenvalue weighted by atomic mass is 19.4. The molecule has 0 aromatic heterocycles. The maximum Gasteiger partial charge on any atom is 0.455 e. The molecule has 2 rings (SSSR count). The number of halogens is 6. The van der Waals surface area contributed by atoms with Gasteiger partial charge in [0, 0.05) is 10.9 Å². The first-order chi connectivity index (χ1) is 12.0. The maximum atomic E-state index is 12.9. The highest BCUT2D eigenvalue weighted by Crippen LogP contribution is 2.38. The third-order valence-electron chi connectivity index (χ3n) is 3.45. The highest BCUT2D eigenvalue weighted by Gasteiger charge is 2.44. The zero-order valence-corrected chi connectivity index (χ0v) is 13.3. The molecule has 9 heteroatoms. The lowest BCUT2D eigenvalue weighted by Crippen LogP contribution is -2.26. The molecule has 0 aliphatic rings. The monoisotopic (exact) mass is 378 g/mol.